The average molecular weight is 237 g/mol. The Balaban J connectivity index is 1.64. The Hall–Kier alpha value is -0.940. The van der Waals surface area contributed by atoms with Crippen molar-refractivity contribution >= 4 is 0 Å². The normalized spacial score (nSPS) is 26.3. The number of nitrogens with zero attached hydrogens (tertiary/aromatic N) is 2. The Morgan fingerprint density at radius 2 is 2.35 bits per heavy atom. The number of nitrogens with one attached hydrogen (secondary N) is 1. The van der Waals surface area contributed by atoms with Crippen LogP contribution in [0.1, 0.15) is 43.5 Å². The Labute approximate surface area is 101 Å². The molecule has 0 spiro atoms. The van der Waals surface area contributed by atoms with Gasteiger partial charge in [-0.3, -0.25) is 0 Å². The van der Waals surface area contributed by atoms with Crippen LogP contribution in [-0.4, -0.2) is 29.8 Å². The summed E-state index contributed by atoms with van der Waals surface area (Å²) in [5.41, 5.74) is 0. The number of hydrogen-bond donors (Lipinski definition) is 1. The lowest BCUT2D eigenvalue weighted by molar-refractivity contribution is 0.0751. The summed E-state index contributed by atoms with van der Waals surface area (Å²) < 4.78 is 10.7. The van der Waals surface area contributed by atoms with Crippen molar-refractivity contribution in [3.05, 3.63) is 11.7 Å². The third-order valence-electron chi connectivity index (χ3n) is 3.63. The van der Waals surface area contributed by atoms with Crippen molar-refractivity contribution in [2.45, 2.75) is 44.2 Å². The van der Waals surface area contributed by atoms with Gasteiger partial charge in [0.05, 0.1) is 0 Å². The van der Waals surface area contributed by atoms with Crippen LogP contribution >= 0.6 is 0 Å². The highest BCUT2D eigenvalue weighted by atomic mass is 16.5. The summed E-state index contributed by atoms with van der Waals surface area (Å²) in [5.74, 6) is 2.06. The van der Waals surface area contributed by atoms with E-state index in [9.17, 15) is 0 Å². The summed E-state index contributed by atoms with van der Waals surface area (Å²) in [5, 5.41) is 7.49. The van der Waals surface area contributed by atoms with E-state index in [-0.39, 0.29) is 6.10 Å². The van der Waals surface area contributed by atoms with Gasteiger partial charge in [0.25, 0.3) is 0 Å². The zero-order valence-electron chi connectivity index (χ0n) is 10.2. The summed E-state index contributed by atoms with van der Waals surface area (Å²) in [7, 11) is 1.72. The Kier molecular flexibility index (Phi) is 3.11. The highest BCUT2D eigenvalue weighted by molar-refractivity contribution is 4.99. The van der Waals surface area contributed by atoms with E-state index in [1.165, 1.54) is 25.7 Å². The van der Waals surface area contributed by atoms with Crippen molar-refractivity contribution in [3.8, 4) is 0 Å². The molecule has 5 heteroatoms. The molecule has 94 valence electrons. The molecule has 17 heavy (non-hydrogen) atoms. The molecule has 2 fully saturated rings. The van der Waals surface area contributed by atoms with Gasteiger partial charge in [-0.15, -0.1) is 0 Å². The highest BCUT2D eigenvalue weighted by Gasteiger charge is 2.35. The van der Waals surface area contributed by atoms with E-state index < -0.39 is 0 Å². The van der Waals surface area contributed by atoms with Gasteiger partial charge in [-0.25, -0.2) is 0 Å². The minimum Gasteiger partial charge on any atom is -0.373 e. The number of hydrogen-bond acceptors (Lipinski definition) is 5. The lowest BCUT2D eigenvalue weighted by atomic mass is 10.1. The number of ether oxygens (including phenoxy) is 1. The van der Waals surface area contributed by atoms with Crippen LogP contribution in [0, 0.1) is 5.92 Å². The summed E-state index contributed by atoms with van der Waals surface area (Å²) in [6, 6.07) is 0.505. The molecule has 3 rings (SSSR count). The second-order valence-electron chi connectivity index (χ2n) is 5.04. The molecule has 1 aromatic heterocycles. The molecule has 0 amide bonds. The van der Waals surface area contributed by atoms with Crippen molar-refractivity contribution in [2.75, 3.05) is 13.7 Å². The molecule has 1 N–H and O–H groups in total. The van der Waals surface area contributed by atoms with E-state index in [0.29, 0.717) is 12.0 Å². The van der Waals surface area contributed by atoms with E-state index in [1.807, 2.05) is 0 Å². The Morgan fingerprint density at radius 1 is 1.47 bits per heavy atom. The van der Waals surface area contributed by atoms with Gasteiger partial charge in [0.1, 0.15) is 6.10 Å². The first kappa shape index (κ1) is 11.2. The van der Waals surface area contributed by atoms with Crippen molar-refractivity contribution in [1.29, 1.82) is 0 Å². The van der Waals surface area contributed by atoms with Gasteiger partial charge in [-0.05, 0) is 38.1 Å². The highest BCUT2D eigenvalue weighted by Crippen LogP contribution is 2.41. The molecule has 2 unspecified atom stereocenters. The van der Waals surface area contributed by atoms with Gasteiger partial charge < -0.3 is 14.6 Å². The summed E-state index contributed by atoms with van der Waals surface area (Å²) in [6.07, 6.45) is 5.75. The monoisotopic (exact) mass is 237 g/mol. The molecule has 1 saturated heterocycles. The molecule has 2 atom stereocenters. The second-order valence-corrected chi connectivity index (χ2v) is 5.04. The summed E-state index contributed by atoms with van der Waals surface area (Å²) in [6.45, 7) is 1.11. The molecular weight excluding hydrogens is 218 g/mol. The fraction of sp³-hybridized carbons (Fsp3) is 0.833. The molecule has 5 nitrogen and oxygen atoms in total. The lowest BCUT2D eigenvalue weighted by Gasteiger charge is -2.08. The second kappa shape index (κ2) is 4.74. The standard InChI is InChI=1S/C12H19N3O2/c1-16-11(8-4-5-8)12-14-10(17-15-12)7-9-3-2-6-13-9/h8-9,11,13H,2-7H2,1H3. The molecule has 0 aromatic carbocycles. The molecule has 1 aromatic rings. The van der Waals surface area contributed by atoms with Gasteiger partial charge in [0.2, 0.25) is 11.7 Å². The largest absolute Gasteiger partial charge is 0.373 e. The minimum absolute atomic E-state index is 0.0315. The van der Waals surface area contributed by atoms with Gasteiger partial charge >= 0.3 is 0 Å². The molecule has 0 radical (unpaired) electrons. The van der Waals surface area contributed by atoms with Crippen LogP contribution in [0.2, 0.25) is 0 Å². The lowest BCUT2D eigenvalue weighted by Crippen LogP contribution is -2.23. The van der Waals surface area contributed by atoms with Crippen LogP contribution in [0.4, 0.5) is 0 Å². The maximum Gasteiger partial charge on any atom is 0.228 e. The third kappa shape index (κ3) is 2.50. The maximum absolute atomic E-state index is 5.44. The average Bonchev–Trinajstić information content (AvgIpc) is 2.86. The first-order chi connectivity index (χ1) is 8.36. The fourth-order valence-electron chi connectivity index (χ4n) is 2.52. The Morgan fingerprint density at radius 3 is 3.00 bits per heavy atom. The van der Waals surface area contributed by atoms with E-state index in [1.54, 1.807) is 7.11 Å². The SMILES string of the molecule is COC(c1noc(CC2CCCN2)n1)C1CC1. The molecule has 0 bridgehead atoms. The molecule has 2 heterocycles. The van der Waals surface area contributed by atoms with Gasteiger partial charge in [0.15, 0.2) is 0 Å². The fourth-order valence-corrected chi connectivity index (χ4v) is 2.52. The number of methoxy groups -OCH3 is 1. The van der Waals surface area contributed by atoms with Crippen molar-refractivity contribution in [1.82, 2.24) is 15.5 Å². The predicted molar refractivity (Wildman–Crippen MR) is 61.5 cm³/mol. The van der Waals surface area contributed by atoms with Crippen LogP contribution in [0.15, 0.2) is 4.52 Å². The Bertz CT molecular complexity index is 370. The predicted octanol–water partition coefficient (Wildman–Crippen LogP) is 1.46. The number of rotatable bonds is 5. The zero-order valence-corrected chi connectivity index (χ0v) is 10.2. The van der Waals surface area contributed by atoms with Gasteiger partial charge in [0, 0.05) is 19.6 Å². The van der Waals surface area contributed by atoms with Crippen LogP contribution < -0.4 is 5.32 Å². The third-order valence-corrected chi connectivity index (χ3v) is 3.63. The summed E-state index contributed by atoms with van der Waals surface area (Å²) in [4.78, 5) is 4.46. The van der Waals surface area contributed by atoms with Gasteiger partial charge in [-0.1, -0.05) is 5.16 Å². The van der Waals surface area contributed by atoms with E-state index in [4.69, 9.17) is 9.26 Å². The molecular formula is C12H19N3O2. The molecule has 1 aliphatic carbocycles. The van der Waals surface area contributed by atoms with Crippen molar-refractivity contribution < 1.29 is 9.26 Å². The minimum atomic E-state index is 0.0315. The van der Waals surface area contributed by atoms with Crippen molar-refractivity contribution in [2.24, 2.45) is 5.92 Å². The molecule has 1 saturated carbocycles. The molecule has 1 aliphatic heterocycles. The van der Waals surface area contributed by atoms with Gasteiger partial charge in [-0.2, -0.15) is 4.98 Å². The zero-order chi connectivity index (χ0) is 11.7. The first-order valence-corrected chi connectivity index (χ1v) is 6.45. The van der Waals surface area contributed by atoms with Crippen molar-refractivity contribution in [3.63, 3.8) is 0 Å². The number of aromatic nitrogens is 2. The first-order valence-electron chi connectivity index (χ1n) is 6.45. The smallest absolute Gasteiger partial charge is 0.228 e. The van der Waals surface area contributed by atoms with E-state index in [2.05, 4.69) is 15.5 Å². The van der Waals surface area contributed by atoms with Crippen LogP contribution in [0.5, 0.6) is 0 Å². The summed E-state index contributed by atoms with van der Waals surface area (Å²) >= 11 is 0. The molecule has 2 aliphatic rings. The maximum atomic E-state index is 5.44. The van der Waals surface area contributed by atoms with Crippen LogP contribution in [-0.2, 0) is 11.2 Å². The van der Waals surface area contributed by atoms with Crippen LogP contribution in [0.3, 0.4) is 0 Å². The van der Waals surface area contributed by atoms with E-state index in [0.717, 1.165) is 24.7 Å². The topological polar surface area (TPSA) is 60.2 Å². The van der Waals surface area contributed by atoms with Crippen LogP contribution in [0.25, 0.3) is 0 Å². The van der Waals surface area contributed by atoms with E-state index >= 15 is 0 Å². The quantitative estimate of drug-likeness (QED) is 0.840.